The molecule has 2 atom stereocenters. The number of carbonyl (C=O) groups is 2. The third-order valence-corrected chi connectivity index (χ3v) is 3.80. The quantitative estimate of drug-likeness (QED) is 0.653. The van der Waals surface area contributed by atoms with Crippen molar-refractivity contribution in [1.29, 1.82) is 0 Å². The lowest BCUT2D eigenvalue weighted by atomic mass is 9.82. The van der Waals surface area contributed by atoms with Gasteiger partial charge >= 0.3 is 5.97 Å². The predicted octanol–water partition coefficient (Wildman–Crippen LogP) is 2.77. The average molecular weight is 325 g/mol. The SMILES string of the molecule is O=C(O)[C@H]1CC=C(Cl)C[C@@H]1C(=O)Nc1ccc([N+](=O)[O-])cc1. The Balaban J connectivity index is 2.11. The number of hydrogen-bond donors (Lipinski definition) is 2. The number of carboxylic acid groups (broad SMARTS) is 1. The van der Waals surface area contributed by atoms with Crippen LogP contribution in [0.1, 0.15) is 12.8 Å². The van der Waals surface area contributed by atoms with Crippen molar-refractivity contribution in [3.05, 3.63) is 45.5 Å². The van der Waals surface area contributed by atoms with Gasteiger partial charge in [0.05, 0.1) is 16.8 Å². The third kappa shape index (κ3) is 3.62. The Morgan fingerprint density at radius 3 is 2.45 bits per heavy atom. The number of hydrogen-bond acceptors (Lipinski definition) is 4. The van der Waals surface area contributed by atoms with E-state index in [0.717, 1.165) is 0 Å². The first kappa shape index (κ1) is 16.0. The number of nitrogens with zero attached hydrogens (tertiary/aromatic N) is 1. The zero-order valence-corrected chi connectivity index (χ0v) is 12.1. The van der Waals surface area contributed by atoms with Crippen molar-refractivity contribution in [3.63, 3.8) is 0 Å². The second kappa shape index (κ2) is 6.57. The maximum absolute atomic E-state index is 12.3. The molecular formula is C14H13ClN2O5. The Bertz CT molecular complexity index is 641. The molecule has 116 valence electrons. The van der Waals surface area contributed by atoms with Gasteiger partial charge in [-0.1, -0.05) is 17.7 Å². The molecule has 0 radical (unpaired) electrons. The van der Waals surface area contributed by atoms with Crippen LogP contribution in [0.2, 0.25) is 0 Å². The van der Waals surface area contributed by atoms with E-state index in [-0.39, 0.29) is 18.5 Å². The Morgan fingerprint density at radius 1 is 1.27 bits per heavy atom. The molecule has 0 bridgehead atoms. The number of halogens is 1. The van der Waals surface area contributed by atoms with Gasteiger partial charge in [-0.2, -0.15) is 0 Å². The van der Waals surface area contributed by atoms with E-state index in [0.29, 0.717) is 10.7 Å². The maximum Gasteiger partial charge on any atom is 0.307 e. The second-order valence-corrected chi connectivity index (χ2v) is 5.42. The van der Waals surface area contributed by atoms with E-state index in [9.17, 15) is 24.8 Å². The molecular weight excluding hydrogens is 312 g/mol. The molecule has 7 nitrogen and oxygen atoms in total. The minimum Gasteiger partial charge on any atom is -0.481 e. The Labute approximate surface area is 130 Å². The molecule has 1 amide bonds. The highest BCUT2D eigenvalue weighted by Gasteiger charge is 2.36. The predicted molar refractivity (Wildman–Crippen MR) is 79.5 cm³/mol. The monoisotopic (exact) mass is 324 g/mol. The number of nitro benzene ring substituents is 1. The summed E-state index contributed by atoms with van der Waals surface area (Å²) in [6.07, 6.45) is 1.97. The number of carboxylic acids is 1. The number of benzene rings is 1. The number of nitrogens with one attached hydrogen (secondary N) is 1. The summed E-state index contributed by atoms with van der Waals surface area (Å²) >= 11 is 5.90. The van der Waals surface area contributed by atoms with E-state index in [1.165, 1.54) is 24.3 Å². The summed E-state index contributed by atoms with van der Waals surface area (Å²) in [5.74, 6) is -3.12. The van der Waals surface area contributed by atoms with Crippen LogP contribution >= 0.6 is 11.6 Å². The van der Waals surface area contributed by atoms with E-state index in [1.807, 2.05) is 0 Å². The highest BCUT2D eigenvalue weighted by Crippen LogP contribution is 2.32. The van der Waals surface area contributed by atoms with Crippen LogP contribution in [0, 0.1) is 22.0 Å². The van der Waals surface area contributed by atoms with Gasteiger partial charge in [0.25, 0.3) is 5.69 Å². The summed E-state index contributed by atoms with van der Waals surface area (Å²) in [6, 6.07) is 5.31. The van der Waals surface area contributed by atoms with Gasteiger partial charge in [0.15, 0.2) is 0 Å². The lowest BCUT2D eigenvalue weighted by Crippen LogP contribution is -2.35. The number of amides is 1. The highest BCUT2D eigenvalue weighted by molar-refractivity contribution is 6.29. The largest absolute Gasteiger partial charge is 0.481 e. The molecule has 22 heavy (non-hydrogen) atoms. The molecule has 2 rings (SSSR count). The zero-order chi connectivity index (χ0) is 16.3. The van der Waals surface area contributed by atoms with Crippen molar-refractivity contribution in [1.82, 2.24) is 0 Å². The van der Waals surface area contributed by atoms with Crippen LogP contribution in [0.3, 0.4) is 0 Å². The van der Waals surface area contributed by atoms with Crippen molar-refractivity contribution in [2.75, 3.05) is 5.32 Å². The van der Waals surface area contributed by atoms with Crippen molar-refractivity contribution >= 4 is 34.9 Å². The summed E-state index contributed by atoms with van der Waals surface area (Å²) in [5, 5.41) is 22.8. The van der Waals surface area contributed by atoms with Crippen molar-refractivity contribution in [2.24, 2.45) is 11.8 Å². The van der Waals surface area contributed by atoms with Crippen molar-refractivity contribution in [3.8, 4) is 0 Å². The number of aliphatic carboxylic acids is 1. The van der Waals surface area contributed by atoms with Gasteiger partial charge in [0, 0.05) is 22.9 Å². The minimum atomic E-state index is -1.05. The molecule has 0 saturated carbocycles. The standard InChI is InChI=1S/C14H13ClN2O5/c15-8-1-6-11(14(19)20)12(7-8)13(18)16-9-2-4-10(5-3-9)17(21)22/h1-5,11-12H,6-7H2,(H,16,18)(H,19,20)/t11-,12-/m0/s1. The molecule has 0 aromatic heterocycles. The van der Waals surface area contributed by atoms with E-state index in [1.54, 1.807) is 6.08 Å². The molecule has 1 aromatic rings. The Hall–Kier alpha value is -2.41. The molecule has 0 saturated heterocycles. The van der Waals surface area contributed by atoms with Gasteiger partial charge < -0.3 is 10.4 Å². The first-order chi connectivity index (χ1) is 10.4. The summed E-state index contributed by atoms with van der Waals surface area (Å²) < 4.78 is 0. The minimum absolute atomic E-state index is 0.0925. The maximum atomic E-state index is 12.3. The van der Waals surface area contributed by atoms with Gasteiger partial charge in [-0.15, -0.1) is 0 Å². The normalized spacial score (nSPS) is 20.9. The van der Waals surface area contributed by atoms with Crippen LogP contribution in [0.15, 0.2) is 35.4 Å². The summed E-state index contributed by atoms with van der Waals surface area (Å²) in [6.45, 7) is 0. The second-order valence-electron chi connectivity index (χ2n) is 4.94. The van der Waals surface area contributed by atoms with Gasteiger partial charge in [0.2, 0.25) is 5.91 Å². The third-order valence-electron chi connectivity index (χ3n) is 3.49. The molecule has 1 aliphatic rings. The summed E-state index contributed by atoms with van der Waals surface area (Å²) in [7, 11) is 0. The van der Waals surface area contributed by atoms with Crippen LogP contribution < -0.4 is 5.32 Å². The molecule has 1 aromatic carbocycles. The number of non-ortho nitro benzene ring substituents is 1. The smallest absolute Gasteiger partial charge is 0.307 e. The number of rotatable bonds is 4. The van der Waals surface area contributed by atoms with Crippen LogP contribution in [0.25, 0.3) is 0 Å². The van der Waals surface area contributed by atoms with Gasteiger partial charge in [-0.3, -0.25) is 19.7 Å². The van der Waals surface area contributed by atoms with E-state index >= 15 is 0 Å². The fourth-order valence-corrected chi connectivity index (χ4v) is 2.56. The van der Waals surface area contributed by atoms with E-state index in [2.05, 4.69) is 5.32 Å². The fraction of sp³-hybridized carbons (Fsp3) is 0.286. The van der Waals surface area contributed by atoms with Gasteiger partial charge in [-0.25, -0.2) is 0 Å². The van der Waals surface area contributed by atoms with Gasteiger partial charge in [-0.05, 0) is 25.0 Å². The summed E-state index contributed by atoms with van der Waals surface area (Å²) in [5.41, 5.74) is 0.274. The topological polar surface area (TPSA) is 110 Å². The van der Waals surface area contributed by atoms with Crippen LogP contribution in [0.4, 0.5) is 11.4 Å². The van der Waals surface area contributed by atoms with Gasteiger partial charge in [0.1, 0.15) is 0 Å². The average Bonchev–Trinajstić information content (AvgIpc) is 2.47. The molecule has 0 aliphatic heterocycles. The molecule has 0 heterocycles. The zero-order valence-electron chi connectivity index (χ0n) is 11.4. The number of nitro groups is 1. The first-order valence-corrected chi connectivity index (χ1v) is 6.89. The molecule has 2 N–H and O–H groups in total. The molecule has 0 spiro atoms. The molecule has 1 aliphatic carbocycles. The molecule has 0 fully saturated rings. The van der Waals surface area contributed by atoms with Crippen LogP contribution in [-0.2, 0) is 9.59 Å². The van der Waals surface area contributed by atoms with E-state index < -0.39 is 28.6 Å². The van der Waals surface area contributed by atoms with Crippen molar-refractivity contribution in [2.45, 2.75) is 12.8 Å². The first-order valence-electron chi connectivity index (χ1n) is 6.51. The number of carbonyl (C=O) groups excluding carboxylic acids is 1. The number of allylic oxidation sites excluding steroid dienone is 2. The van der Waals surface area contributed by atoms with E-state index in [4.69, 9.17) is 11.6 Å². The Morgan fingerprint density at radius 2 is 1.91 bits per heavy atom. The highest BCUT2D eigenvalue weighted by atomic mass is 35.5. The van der Waals surface area contributed by atoms with Crippen LogP contribution in [0.5, 0.6) is 0 Å². The lowest BCUT2D eigenvalue weighted by molar-refractivity contribution is -0.384. The lowest BCUT2D eigenvalue weighted by Gasteiger charge is -2.25. The Kier molecular flexibility index (Phi) is 4.77. The molecule has 8 heteroatoms. The fourth-order valence-electron chi connectivity index (χ4n) is 2.30. The summed E-state index contributed by atoms with van der Waals surface area (Å²) in [4.78, 5) is 33.5. The van der Waals surface area contributed by atoms with Crippen LogP contribution in [-0.4, -0.2) is 21.9 Å². The number of anilines is 1. The molecule has 0 unspecified atom stereocenters. The van der Waals surface area contributed by atoms with Crippen molar-refractivity contribution < 1.29 is 19.6 Å².